The molecule has 100 valence electrons. The molecule has 1 atom stereocenters. The molecule has 0 aromatic carbocycles. The number of aryl methyl sites for hydroxylation is 2. The largest absolute Gasteiger partial charge is 0.313 e. The van der Waals surface area contributed by atoms with Crippen molar-refractivity contribution in [2.24, 2.45) is 0 Å². The molecule has 0 spiro atoms. The lowest BCUT2D eigenvalue weighted by Crippen LogP contribution is -2.23. The Morgan fingerprint density at radius 3 is 3.16 bits per heavy atom. The molecule has 2 heterocycles. The normalized spacial score (nSPS) is 18.3. The average molecular weight is 257 g/mol. The predicted molar refractivity (Wildman–Crippen MR) is 73.7 cm³/mol. The SMILES string of the molecule is CCn1nccc1-c1ncc2c(n1)CCCC2NC. The van der Waals surface area contributed by atoms with Crippen LogP contribution >= 0.6 is 0 Å². The van der Waals surface area contributed by atoms with Crippen LogP contribution in [0, 0.1) is 0 Å². The molecule has 5 heteroatoms. The van der Waals surface area contributed by atoms with Gasteiger partial charge in [-0.05, 0) is 39.3 Å². The first kappa shape index (κ1) is 12.3. The Labute approximate surface area is 113 Å². The van der Waals surface area contributed by atoms with Crippen molar-refractivity contribution in [3.63, 3.8) is 0 Å². The smallest absolute Gasteiger partial charge is 0.178 e. The van der Waals surface area contributed by atoms with Crippen molar-refractivity contribution in [3.05, 3.63) is 29.7 Å². The first-order valence-electron chi connectivity index (χ1n) is 6.88. The van der Waals surface area contributed by atoms with Crippen LogP contribution in [-0.2, 0) is 13.0 Å². The Morgan fingerprint density at radius 1 is 1.47 bits per heavy atom. The van der Waals surface area contributed by atoms with Crippen LogP contribution in [0.1, 0.15) is 37.1 Å². The molecule has 0 saturated carbocycles. The van der Waals surface area contributed by atoms with Crippen LogP contribution in [0.2, 0.25) is 0 Å². The van der Waals surface area contributed by atoms with E-state index in [4.69, 9.17) is 4.98 Å². The fourth-order valence-electron chi connectivity index (χ4n) is 2.74. The molecule has 1 unspecified atom stereocenters. The van der Waals surface area contributed by atoms with Crippen LogP contribution < -0.4 is 5.32 Å². The first-order valence-corrected chi connectivity index (χ1v) is 6.88. The highest BCUT2D eigenvalue weighted by Gasteiger charge is 2.21. The molecule has 0 radical (unpaired) electrons. The van der Waals surface area contributed by atoms with Crippen LogP contribution in [-0.4, -0.2) is 26.8 Å². The summed E-state index contributed by atoms with van der Waals surface area (Å²) in [5.41, 5.74) is 3.43. The lowest BCUT2D eigenvalue weighted by atomic mass is 9.92. The number of nitrogens with one attached hydrogen (secondary N) is 1. The Hall–Kier alpha value is -1.75. The quantitative estimate of drug-likeness (QED) is 0.913. The van der Waals surface area contributed by atoms with Crippen molar-refractivity contribution in [1.82, 2.24) is 25.1 Å². The fraction of sp³-hybridized carbons (Fsp3) is 0.500. The van der Waals surface area contributed by atoms with Gasteiger partial charge in [-0.15, -0.1) is 0 Å². The van der Waals surface area contributed by atoms with E-state index in [2.05, 4.69) is 22.3 Å². The third-order valence-electron chi connectivity index (χ3n) is 3.78. The van der Waals surface area contributed by atoms with E-state index in [1.807, 2.05) is 24.0 Å². The minimum absolute atomic E-state index is 0.397. The number of fused-ring (bicyclic) bond motifs is 1. The molecule has 1 N–H and O–H groups in total. The maximum Gasteiger partial charge on any atom is 0.178 e. The van der Waals surface area contributed by atoms with E-state index in [0.29, 0.717) is 6.04 Å². The molecule has 3 rings (SSSR count). The third-order valence-corrected chi connectivity index (χ3v) is 3.78. The van der Waals surface area contributed by atoms with Crippen molar-refractivity contribution in [1.29, 1.82) is 0 Å². The highest BCUT2D eigenvalue weighted by molar-refractivity contribution is 5.49. The highest BCUT2D eigenvalue weighted by atomic mass is 15.3. The standard InChI is InChI=1S/C14H19N5/c1-3-19-13(7-8-17-19)14-16-9-10-11(15-2)5-4-6-12(10)18-14/h7-9,11,15H,3-6H2,1-2H3. The molecular formula is C14H19N5. The molecule has 0 bridgehead atoms. The Kier molecular flexibility index (Phi) is 3.29. The maximum absolute atomic E-state index is 4.75. The first-order chi connectivity index (χ1) is 9.33. The van der Waals surface area contributed by atoms with Gasteiger partial charge in [-0.3, -0.25) is 4.68 Å². The van der Waals surface area contributed by atoms with Gasteiger partial charge in [0.05, 0.1) is 0 Å². The summed E-state index contributed by atoms with van der Waals surface area (Å²) in [6.45, 7) is 2.91. The van der Waals surface area contributed by atoms with Crippen LogP contribution in [0.15, 0.2) is 18.5 Å². The van der Waals surface area contributed by atoms with E-state index in [-0.39, 0.29) is 0 Å². The summed E-state index contributed by atoms with van der Waals surface area (Å²) in [6, 6.07) is 2.37. The van der Waals surface area contributed by atoms with E-state index >= 15 is 0 Å². The van der Waals surface area contributed by atoms with Gasteiger partial charge in [0, 0.05) is 36.2 Å². The van der Waals surface area contributed by atoms with Crippen molar-refractivity contribution in [2.45, 2.75) is 38.8 Å². The van der Waals surface area contributed by atoms with Gasteiger partial charge in [0.1, 0.15) is 5.69 Å². The number of rotatable bonds is 3. The monoisotopic (exact) mass is 257 g/mol. The van der Waals surface area contributed by atoms with Gasteiger partial charge in [-0.1, -0.05) is 0 Å². The summed E-state index contributed by atoms with van der Waals surface area (Å²) >= 11 is 0. The Morgan fingerprint density at radius 2 is 2.37 bits per heavy atom. The Bertz CT molecular complexity index is 575. The molecule has 1 aliphatic carbocycles. The van der Waals surface area contributed by atoms with Gasteiger partial charge in [0.2, 0.25) is 0 Å². The maximum atomic E-state index is 4.75. The number of nitrogens with zero attached hydrogens (tertiary/aromatic N) is 4. The van der Waals surface area contributed by atoms with Gasteiger partial charge in [0.15, 0.2) is 5.82 Å². The zero-order valence-electron chi connectivity index (χ0n) is 11.4. The van der Waals surface area contributed by atoms with E-state index in [0.717, 1.165) is 24.5 Å². The third kappa shape index (κ3) is 2.14. The van der Waals surface area contributed by atoms with E-state index < -0.39 is 0 Å². The van der Waals surface area contributed by atoms with Crippen molar-refractivity contribution in [3.8, 4) is 11.5 Å². The molecule has 0 amide bonds. The second-order valence-corrected chi connectivity index (χ2v) is 4.86. The van der Waals surface area contributed by atoms with Gasteiger partial charge in [0.25, 0.3) is 0 Å². The predicted octanol–water partition coefficient (Wildman–Crippen LogP) is 1.96. The van der Waals surface area contributed by atoms with Crippen LogP contribution in [0.5, 0.6) is 0 Å². The molecule has 0 saturated heterocycles. The average Bonchev–Trinajstić information content (AvgIpc) is 2.94. The molecule has 19 heavy (non-hydrogen) atoms. The van der Waals surface area contributed by atoms with Crippen molar-refractivity contribution < 1.29 is 0 Å². The van der Waals surface area contributed by atoms with Crippen LogP contribution in [0.4, 0.5) is 0 Å². The summed E-state index contributed by atoms with van der Waals surface area (Å²) in [5.74, 6) is 0.787. The summed E-state index contributed by atoms with van der Waals surface area (Å²) < 4.78 is 1.93. The van der Waals surface area contributed by atoms with E-state index in [1.165, 1.54) is 24.1 Å². The summed E-state index contributed by atoms with van der Waals surface area (Å²) in [7, 11) is 2.00. The second-order valence-electron chi connectivity index (χ2n) is 4.86. The summed E-state index contributed by atoms with van der Waals surface area (Å²) in [4.78, 5) is 9.28. The topological polar surface area (TPSA) is 55.6 Å². The highest BCUT2D eigenvalue weighted by Crippen LogP contribution is 2.29. The number of aromatic nitrogens is 4. The molecular weight excluding hydrogens is 238 g/mol. The van der Waals surface area contributed by atoms with Crippen LogP contribution in [0.3, 0.4) is 0 Å². The van der Waals surface area contributed by atoms with Crippen molar-refractivity contribution >= 4 is 0 Å². The number of hydrogen-bond acceptors (Lipinski definition) is 4. The zero-order valence-corrected chi connectivity index (χ0v) is 11.4. The van der Waals surface area contributed by atoms with E-state index in [9.17, 15) is 0 Å². The zero-order chi connectivity index (χ0) is 13.2. The minimum Gasteiger partial charge on any atom is -0.313 e. The molecule has 0 fully saturated rings. The number of hydrogen-bond donors (Lipinski definition) is 1. The lowest BCUT2D eigenvalue weighted by Gasteiger charge is -2.24. The van der Waals surface area contributed by atoms with Gasteiger partial charge >= 0.3 is 0 Å². The summed E-state index contributed by atoms with van der Waals surface area (Å²) in [5, 5.41) is 7.62. The van der Waals surface area contributed by atoms with Gasteiger partial charge in [-0.25, -0.2) is 9.97 Å². The molecule has 2 aromatic heterocycles. The molecule has 5 nitrogen and oxygen atoms in total. The molecule has 2 aromatic rings. The minimum atomic E-state index is 0.397. The summed E-state index contributed by atoms with van der Waals surface area (Å²) in [6.07, 6.45) is 7.17. The van der Waals surface area contributed by atoms with E-state index in [1.54, 1.807) is 6.20 Å². The van der Waals surface area contributed by atoms with Gasteiger partial charge < -0.3 is 5.32 Å². The fourth-order valence-corrected chi connectivity index (χ4v) is 2.74. The molecule has 0 aliphatic heterocycles. The molecule has 1 aliphatic rings. The van der Waals surface area contributed by atoms with Crippen molar-refractivity contribution in [2.75, 3.05) is 7.05 Å². The van der Waals surface area contributed by atoms with Crippen LogP contribution in [0.25, 0.3) is 11.5 Å². The Balaban J connectivity index is 2.02. The second kappa shape index (κ2) is 5.09. The lowest BCUT2D eigenvalue weighted by molar-refractivity contribution is 0.487. The van der Waals surface area contributed by atoms with Gasteiger partial charge in [-0.2, -0.15) is 5.10 Å².